The van der Waals surface area contributed by atoms with Crippen molar-refractivity contribution in [3.05, 3.63) is 24.0 Å². The lowest BCUT2D eigenvalue weighted by atomic mass is 9.88. The Morgan fingerprint density at radius 2 is 2.13 bits per heavy atom. The van der Waals surface area contributed by atoms with Crippen LogP contribution in [0.3, 0.4) is 0 Å². The minimum atomic E-state index is 0.0358. The van der Waals surface area contributed by atoms with E-state index < -0.39 is 0 Å². The first-order valence-electron chi connectivity index (χ1n) is 5.08. The molecular weight excluding hydrogens is 188 g/mol. The molecule has 0 bridgehead atoms. The second-order valence-electron chi connectivity index (χ2n) is 5.03. The van der Waals surface area contributed by atoms with Gasteiger partial charge in [0.25, 0.3) is 0 Å². The molecule has 0 saturated heterocycles. The van der Waals surface area contributed by atoms with Gasteiger partial charge in [0.1, 0.15) is 5.78 Å². The van der Waals surface area contributed by atoms with E-state index in [9.17, 15) is 4.79 Å². The molecule has 2 N–H and O–H groups in total. The summed E-state index contributed by atoms with van der Waals surface area (Å²) in [6.07, 6.45) is 4.25. The fourth-order valence-electron chi connectivity index (χ4n) is 1.45. The summed E-state index contributed by atoms with van der Waals surface area (Å²) in [5.74, 6) is 0.210. The summed E-state index contributed by atoms with van der Waals surface area (Å²) in [4.78, 5) is 15.7. The van der Waals surface area contributed by atoms with E-state index in [-0.39, 0.29) is 11.2 Å². The van der Waals surface area contributed by atoms with Gasteiger partial charge in [-0.15, -0.1) is 0 Å². The molecule has 0 aliphatic heterocycles. The fourth-order valence-corrected chi connectivity index (χ4v) is 1.45. The topological polar surface area (TPSA) is 56.0 Å². The quantitative estimate of drug-likeness (QED) is 0.825. The van der Waals surface area contributed by atoms with Crippen LogP contribution >= 0.6 is 0 Å². The second-order valence-corrected chi connectivity index (χ2v) is 5.03. The summed E-state index contributed by atoms with van der Waals surface area (Å²) < 4.78 is 0. The molecule has 0 atom stereocenters. The van der Waals surface area contributed by atoms with Crippen LogP contribution in [0.1, 0.15) is 32.8 Å². The minimum Gasteiger partial charge on any atom is -0.398 e. The van der Waals surface area contributed by atoms with Gasteiger partial charge in [-0.05, 0) is 11.5 Å². The van der Waals surface area contributed by atoms with Crippen LogP contribution in [0.5, 0.6) is 0 Å². The summed E-state index contributed by atoms with van der Waals surface area (Å²) >= 11 is 0. The molecule has 0 spiro atoms. The number of pyridine rings is 1. The van der Waals surface area contributed by atoms with Crippen molar-refractivity contribution >= 4 is 11.5 Å². The summed E-state index contributed by atoms with van der Waals surface area (Å²) in [5.41, 5.74) is 7.25. The highest BCUT2D eigenvalue weighted by atomic mass is 16.1. The summed E-state index contributed by atoms with van der Waals surface area (Å²) in [6.45, 7) is 6.16. The van der Waals surface area contributed by atoms with Crippen LogP contribution in [0.4, 0.5) is 5.69 Å². The van der Waals surface area contributed by atoms with Gasteiger partial charge in [0, 0.05) is 36.5 Å². The molecule has 82 valence electrons. The molecule has 0 fully saturated rings. The molecule has 3 nitrogen and oxygen atoms in total. The highest BCUT2D eigenvalue weighted by Crippen LogP contribution is 2.20. The van der Waals surface area contributed by atoms with Crippen LogP contribution < -0.4 is 5.73 Å². The molecule has 15 heavy (non-hydrogen) atoms. The summed E-state index contributed by atoms with van der Waals surface area (Å²) in [6, 6.07) is 1.72. The Balaban J connectivity index is 2.64. The molecule has 1 rings (SSSR count). The first-order valence-corrected chi connectivity index (χ1v) is 5.08. The number of nitrogens with two attached hydrogens (primary N) is 1. The molecule has 1 aromatic rings. The maximum atomic E-state index is 11.7. The zero-order chi connectivity index (χ0) is 11.5. The number of carbonyl (C=O) groups is 1. The van der Waals surface area contributed by atoms with E-state index >= 15 is 0 Å². The number of hydrogen-bond donors (Lipinski definition) is 1. The van der Waals surface area contributed by atoms with Gasteiger partial charge in [0.2, 0.25) is 0 Å². The van der Waals surface area contributed by atoms with Crippen molar-refractivity contribution < 1.29 is 4.79 Å². The van der Waals surface area contributed by atoms with Crippen molar-refractivity contribution in [3.8, 4) is 0 Å². The minimum absolute atomic E-state index is 0.0358. The zero-order valence-corrected chi connectivity index (χ0v) is 9.58. The zero-order valence-electron chi connectivity index (χ0n) is 9.58. The average Bonchev–Trinajstić information content (AvgIpc) is 2.05. The number of ketones is 1. The maximum absolute atomic E-state index is 11.7. The molecule has 0 aliphatic carbocycles. The molecule has 0 unspecified atom stereocenters. The van der Waals surface area contributed by atoms with Gasteiger partial charge in [-0.3, -0.25) is 9.78 Å². The Morgan fingerprint density at radius 3 is 2.67 bits per heavy atom. The van der Waals surface area contributed by atoms with E-state index in [0.717, 1.165) is 5.56 Å². The number of anilines is 1. The van der Waals surface area contributed by atoms with Crippen LogP contribution in [-0.2, 0) is 11.2 Å². The highest BCUT2D eigenvalue weighted by Gasteiger charge is 2.16. The van der Waals surface area contributed by atoms with E-state index in [1.54, 1.807) is 18.5 Å². The number of nitrogens with zero attached hydrogens (tertiary/aromatic N) is 1. The largest absolute Gasteiger partial charge is 0.398 e. The van der Waals surface area contributed by atoms with Gasteiger partial charge in [-0.25, -0.2) is 0 Å². The number of nitrogen functional groups attached to an aromatic ring is 1. The third-order valence-electron chi connectivity index (χ3n) is 2.06. The molecule has 1 heterocycles. The first-order chi connectivity index (χ1) is 6.88. The normalized spacial score (nSPS) is 11.4. The van der Waals surface area contributed by atoms with Crippen molar-refractivity contribution in [2.45, 2.75) is 33.6 Å². The lowest BCUT2D eigenvalue weighted by molar-refractivity contribution is -0.120. The van der Waals surface area contributed by atoms with Crippen molar-refractivity contribution in [3.63, 3.8) is 0 Å². The van der Waals surface area contributed by atoms with Crippen molar-refractivity contribution in [2.24, 2.45) is 5.41 Å². The lowest BCUT2D eigenvalue weighted by Gasteiger charge is -2.16. The smallest absolute Gasteiger partial charge is 0.137 e. The SMILES string of the molecule is CC(C)(C)CC(=O)Cc1cnccc1N. The number of Topliss-reactive ketones (excluding diaryl/α,β-unsaturated/α-hetero) is 1. The van der Waals surface area contributed by atoms with E-state index in [2.05, 4.69) is 25.8 Å². The van der Waals surface area contributed by atoms with Gasteiger partial charge >= 0.3 is 0 Å². The Hall–Kier alpha value is -1.38. The summed E-state index contributed by atoms with van der Waals surface area (Å²) in [5, 5.41) is 0. The third kappa shape index (κ3) is 4.11. The third-order valence-corrected chi connectivity index (χ3v) is 2.06. The van der Waals surface area contributed by atoms with Crippen molar-refractivity contribution in [1.82, 2.24) is 4.98 Å². The second kappa shape index (κ2) is 4.43. The number of carbonyl (C=O) groups excluding carboxylic acids is 1. The molecule has 0 radical (unpaired) electrons. The van der Waals surface area contributed by atoms with Crippen LogP contribution in [0, 0.1) is 5.41 Å². The van der Waals surface area contributed by atoms with E-state index in [0.29, 0.717) is 18.5 Å². The molecule has 0 aromatic carbocycles. The monoisotopic (exact) mass is 206 g/mol. The Labute approximate surface area is 90.7 Å². The van der Waals surface area contributed by atoms with Gasteiger partial charge in [0.15, 0.2) is 0 Å². The average molecular weight is 206 g/mol. The predicted molar refractivity (Wildman–Crippen MR) is 61.4 cm³/mol. The molecule has 0 aliphatic rings. The van der Waals surface area contributed by atoms with Crippen molar-refractivity contribution in [2.75, 3.05) is 5.73 Å². The molecular formula is C12H18N2O. The Morgan fingerprint density at radius 1 is 1.47 bits per heavy atom. The highest BCUT2D eigenvalue weighted by molar-refractivity contribution is 5.82. The molecule has 3 heteroatoms. The molecule has 0 saturated carbocycles. The van der Waals surface area contributed by atoms with Crippen LogP contribution in [-0.4, -0.2) is 10.8 Å². The van der Waals surface area contributed by atoms with Crippen LogP contribution in [0.25, 0.3) is 0 Å². The van der Waals surface area contributed by atoms with E-state index in [4.69, 9.17) is 5.73 Å². The van der Waals surface area contributed by atoms with Gasteiger partial charge in [-0.2, -0.15) is 0 Å². The van der Waals surface area contributed by atoms with Gasteiger partial charge in [0.05, 0.1) is 0 Å². The number of rotatable bonds is 3. The first kappa shape index (κ1) is 11.7. The standard InChI is InChI=1S/C12H18N2O/c1-12(2,3)7-10(15)6-9-8-14-5-4-11(9)13/h4-5,8H,6-7H2,1-3H3,(H2,13,14). The Kier molecular flexibility index (Phi) is 3.45. The van der Waals surface area contributed by atoms with E-state index in [1.807, 2.05) is 0 Å². The number of aromatic nitrogens is 1. The lowest BCUT2D eigenvalue weighted by Crippen LogP contribution is -2.15. The van der Waals surface area contributed by atoms with Crippen molar-refractivity contribution in [1.29, 1.82) is 0 Å². The maximum Gasteiger partial charge on any atom is 0.137 e. The van der Waals surface area contributed by atoms with Crippen LogP contribution in [0.2, 0.25) is 0 Å². The molecule has 0 amide bonds. The predicted octanol–water partition coefficient (Wildman–Crippen LogP) is 2.21. The number of hydrogen-bond acceptors (Lipinski definition) is 3. The van der Waals surface area contributed by atoms with Gasteiger partial charge < -0.3 is 5.73 Å². The van der Waals surface area contributed by atoms with Gasteiger partial charge in [-0.1, -0.05) is 20.8 Å². The van der Waals surface area contributed by atoms with Crippen LogP contribution in [0.15, 0.2) is 18.5 Å². The Bertz CT molecular complexity index is 353. The van der Waals surface area contributed by atoms with E-state index in [1.165, 1.54) is 0 Å². The fraction of sp³-hybridized carbons (Fsp3) is 0.500. The summed E-state index contributed by atoms with van der Waals surface area (Å²) in [7, 11) is 0. The molecule has 1 aromatic heterocycles.